The number of amides is 1. The van der Waals surface area contributed by atoms with Crippen LogP contribution in [0.5, 0.6) is 0 Å². The third kappa shape index (κ3) is 3.53. The van der Waals surface area contributed by atoms with Gasteiger partial charge in [0.1, 0.15) is 5.82 Å². The first-order chi connectivity index (χ1) is 8.91. The molecule has 0 saturated heterocycles. The van der Waals surface area contributed by atoms with Crippen LogP contribution in [-0.2, 0) is 9.53 Å². The first-order valence-corrected chi connectivity index (χ1v) is 6.72. The second kappa shape index (κ2) is 5.29. The average molecular weight is 262 g/mol. The molecule has 1 amide bonds. The molecule has 1 heterocycles. The van der Waals surface area contributed by atoms with Gasteiger partial charge in [0.15, 0.2) is 0 Å². The minimum Gasteiger partial charge on any atom is -0.376 e. The standard InChI is InChI=1S/C15H22N2O2/c1-15(2,3)14(18)17-12-8-7-11(9-16-12)13(19-4)10-5-6-10/h7-10,13H,5-6H2,1-4H3,(H,16,17,18). The lowest BCUT2D eigenvalue weighted by Crippen LogP contribution is -2.28. The Labute approximate surface area is 114 Å². The number of methoxy groups -OCH3 is 1. The van der Waals surface area contributed by atoms with E-state index in [4.69, 9.17) is 4.74 Å². The second-order valence-corrected chi connectivity index (χ2v) is 6.17. The van der Waals surface area contributed by atoms with E-state index in [1.807, 2.05) is 32.9 Å². The first kappa shape index (κ1) is 14.0. The minimum atomic E-state index is -0.413. The summed E-state index contributed by atoms with van der Waals surface area (Å²) in [4.78, 5) is 16.2. The highest BCUT2D eigenvalue weighted by Crippen LogP contribution is 2.42. The van der Waals surface area contributed by atoms with E-state index < -0.39 is 5.41 Å². The highest BCUT2D eigenvalue weighted by molar-refractivity contribution is 5.93. The summed E-state index contributed by atoms with van der Waals surface area (Å²) < 4.78 is 5.51. The average Bonchev–Trinajstić information content (AvgIpc) is 3.15. The van der Waals surface area contributed by atoms with Gasteiger partial charge in [0, 0.05) is 18.7 Å². The zero-order valence-corrected chi connectivity index (χ0v) is 12.1. The minimum absolute atomic E-state index is 0.0294. The van der Waals surface area contributed by atoms with Gasteiger partial charge in [0.25, 0.3) is 0 Å². The van der Waals surface area contributed by atoms with Crippen LogP contribution in [-0.4, -0.2) is 18.0 Å². The van der Waals surface area contributed by atoms with E-state index in [-0.39, 0.29) is 12.0 Å². The molecule has 104 valence electrons. The van der Waals surface area contributed by atoms with E-state index in [0.29, 0.717) is 11.7 Å². The van der Waals surface area contributed by atoms with Gasteiger partial charge >= 0.3 is 0 Å². The van der Waals surface area contributed by atoms with Crippen LogP contribution in [0.2, 0.25) is 0 Å². The van der Waals surface area contributed by atoms with Crippen molar-refractivity contribution >= 4 is 11.7 Å². The molecule has 1 unspecified atom stereocenters. The highest BCUT2D eigenvalue weighted by Gasteiger charge is 2.32. The molecular weight excluding hydrogens is 240 g/mol. The molecule has 4 heteroatoms. The van der Waals surface area contributed by atoms with Gasteiger partial charge in [-0.3, -0.25) is 4.79 Å². The van der Waals surface area contributed by atoms with Crippen molar-refractivity contribution in [3.05, 3.63) is 23.9 Å². The van der Waals surface area contributed by atoms with Crippen molar-refractivity contribution in [2.75, 3.05) is 12.4 Å². The lowest BCUT2D eigenvalue weighted by atomic mass is 9.96. The summed E-state index contributed by atoms with van der Waals surface area (Å²) in [5.74, 6) is 1.19. The molecule has 2 rings (SSSR count). The quantitative estimate of drug-likeness (QED) is 0.906. The number of pyridine rings is 1. The number of hydrogen-bond acceptors (Lipinski definition) is 3. The maximum absolute atomic E-state index is 11.9. The number of nitrogens with one attached hydrogen (secondary N) is 1. The largest absolute Gasteiger partial charge is 0.376 e. The molecular formula is C15H22N2O2. The van der Waals surface area contributed by atoms with Crippen LogP contribution in [0.3, 0.4) is 0 Å². The molecule has 1 aromatic heterocycles. The zero-order chi connectivity index (χ0) is 14.0. The Balaban J connectivity index is 2.04. The molecule has 1 saturated carbocycles. The van der Waals surface area contributed by atoms with Crippen molar-refractivity contribution in [1.29, 1.82) is 0 Å². The number of rotatable bonds is 4. The van der Waals surface area contributed by atoms with Crippen LogP contribution < -0.4 is 5.32 Å². The van der Waals surface area contributed by atoms with Crippen LogP contribution in [0.25, 0.3) is 0 Å². The van der Waals surface area contributed by atoms with E-state index in [1.54, 1.807) is 13.3 Å². The second-order valence-electron chi connectivity index (χ2n) is 6.17. The van der Waals surface area contributed by atoms with Crippen LogP contribution in [0.1, 0.15) is 45.3 Å². The number of aromatic nitrogens is 1. The van der Waals surface area contributed by atoms with Gasteiger partial charge in [-0.15, -0.1) is 0 Å². The van der Waals surface area contributed by atoms with Crippen molar-refractivity contribution < 1.29 is 9.53 Å². The fraction of sp³-hybridized carbons (Fsp3) is 0.600. The Bertz CT molecular complexity index is 444. The predicted molar refractivity (Wildman–Crippen MR) is 74.8 cm³/mol. The molecule has 1 aliphatic rings. The molecule has 0 bridgehead atoms. The van der Waals surface area contributed by atoms with Gasteiger partial charge in [-0.25, -0.2) is 4.98 Å². The summed E-state index contributed by atoms with van der Waals surface area (Å²) in [5, 5.41) is 2.82. The van der Waals surface area contributed by atoms with E-state index in [0.717, 1.165) is 5.56 Å². The zero-order valence-electron chi connectivity index (χ0n) is 12.1. The van der Waals surface area contributed by atoms with Crippen molar-refractivity contribution in [3.8, 4) is 0 Å². The Kier molecular flexibility index (Phi) is 3.90. The van der Waals surface area contributed by atoms with Crippen molar-refractivity contribution in [3.63, 3.8) is 0 Å². The Morgan fingerprint density at radius 2 is 2.11 bits per heavy atom. The predicted octanol–water partition coefficient (Wildman–Crippen LogP) is 3.16. The van der Waals surface area contributed by atoms with Crippen LogP contribution >= 0.6 is 0 Å². The maximum atomic E-state index is 11.9. The summed E-state index contributed by atoms with van der Waals surface area (Å²) in [6.07, 6.45) is 4.38. The topological polar surface area (TPSA) is 51.2 Å². The number of hydrogen-bond donors (Lipinski definition) is 1. The summed E-state index contributed by atoms with van der Waals surface area (Å²) in [6.45, 7) is 5.64. The Hall–Kier alpha value is -1.42. The monoisotopic (exact) mass is 262 g/mol. The molecule has 4 nitrogen and oxygen atoms in total. The summed E-state index contributed by atoms with van der Waals surface area (Å²) in [6, 6.07) is 3.82. The third-order valence-corrected chi connectivity index (χ3v) is 3.34. The molecule has 19 heavy (non-hydrogen) atoms. The molecule has 1 N–H and O–H groups in total. The van der Waals surface area contributed by atoms with E-state index in [2.05, 4.69) is 10.3 Å². The van der Waals surface area contributed by atoms with Gasteiger partial charge in [-0.05, 0) is 30.4 Å². The molecule has 0 aliphatic heterocycles. The van der Waals surface area contributed by atoms with Crippen LogP contribution in [0.15, 0.2) is 18.3 Å². The number of nitrogens with zero attached hydrogens (tertiary/aromatic N) is 1. The van der Waals surface area contributed by atoms with Crippen molar-refractivity contribution in [2.24, 2.45) is 11.3 Å². The highest BCUT2D eigenvalue weighted by atomic mass is 16.5. The first-order valence-electron chi connectivity index (χ1n) is 6.72. The summed E-state index contributed by atoms with van der Waals surface area (Å²) >= 11 is 0. The smallest absolute Gasteiger partial charge is 0.230 e. The van der Waals surface area contributed by atoms with Crippen LogP contribution in [0.4, 0.5) is 5.82 Å². The third-order valence-electron chi connectivity index (χ3n) is 3.34. The molecule has 0 aromatic carbocycles. The molecule has 1 atom stereocenters. The number of anilines is 1. The lowest BCUT2D eigenvalue weighted by Gasteiger charge is -2.18. The normalized spacial score (nSPS) is 17.1. The number of carbonyl (C=O) groups excluding carboxylic acids is 1. The molecule has 1 aliphatic carbocycles. The number of ether oxygens (including phenoxy) is 1. The Morgan fingerprint density at radius 1 is 1.42 bits per heavy atom. The van der Waals surface area contributed by atoms with Gasteiger partial charge in [0.2, 0.25) is 5.91 Å². The fourth-order valence-electron chi connectivity index (χ4n) is 1.95. The summed E-state index contributed by atoms with van der Waals surface area (Å²) in [5.41, 5.74) is 0.669. The fourth-order valence-corrected chi connectivity index (χ4v) is 1.95. The van der Waals surface area contributed by atoms with Crippen molar-refractivity contribution in [1.82, 2.24) is 4.98 Å². The SMILES string of the molecule is COC(c1ccc(NC(=O)C(C)(C)C)nc1)C1CC1. The van der Waals surface area contributed by atoms with E-state index in [9.17, 15) is 4.79 Å². The number of carbonyl (C=O) groups is 1. The van der Waals surface area contributed by atoms with E-state index in [1.165, 1.54) is 12.8 Å². The van der Waals surface area contributed by atoms with E-state index >= 15 is 0 Å². The van der Waals surface area contributed by atoms with Gasteiger partial charge in [-0.1, -0.05) is 26.8 Å². The Morgan fingerprint density at radius 3 is 2.53 bits per heavy atom. The molecule has 1 fully saturated rings. The van der Waals surface area contributed by atoms with Crippen LogP contribution in [0, 0.1) is 11.3 Å². The molecule has 1 aromatic rings. The van der Waals surface area contributed by atoms with Gasteiger partial charge in [0.05, 0.1) is 6.10 Å². The van der Waals surface area contributed by atoms with Gasteiger partial charge < -0.3 is 10.1 Å². The molecule has 0 spiro atoms. The van der Waals surface area contributed by atoms with Gasteiger partial charge in [-0.2, -0.15) is 0 Å². The summed E-state index contributed by atoms with van der Waals surface area (Å²) in [7, 11) is 1.73. The molecule has 0 radical (unpaired) electrons. The maximum Gasteiger partial charge on any atom is 0.230 e. The lowest BCUT2D eigenvalue weighted by molar-refractivity contribution is -0.123. The van der Waals surface area contributed by atoms with Crippen molar-refractivity contribution in [2.45, 2.75) is 39.7 Å².